The molecule has 0 radical (unpaired) electrons. The molecule has 2 aromatic carbocycles. The summed E-state index contributed by atoms with van der Waals surface area (Å²) < 4.78 is 4.56. The van der Waals surface area contributed by atoms with Crippen molar-refractivity contribution in [3.05, 3.63) is 48.0 Å². The van der Waals surface area contributed by atoms with Crippen molar-refractivity contribution in [1.29, 1.82) is 0 Å². The Morgan fingerprint density at radius 3 is 2.47 bits per heavy atom. The largest absolute Gasteiger partial charge is 0.393 e. The van der Waals surface area contributed by atoms with Crippen molar-refractivity contribution in [2.75, 3.05) is 0 Å². The van der Waals surface area contributed by atoms with Crippen molar-refractivity contribution in [3.63, 3.8) is 0 Å². The average Bonchev–Trinajstić information content (AvgIpc) is 2.68. The molecule has 0 saturated carbocycles. The molecule has 3 nitrogen and oxygen atoms in total. The van der Waals surface area contributed by atoms with E-state index in [9.17, 15) is 9.59 Å². The molecule has 0 aromatic heterocycles. The molecule has 1 unspecified atom stereocenters. The van der Waals surface area contributed by atoms with E-state index in [1.54, 1.807) is 0 Å². The van der Waals surface area contributed by atoms with Crippen LogP contribution in [0.5, 0.6) is 0 Å². The van der Waals surface area contributed by atoms with E-state index in [0.717, 1.165) is 16.3 Å². The summed E-state index contributed by atoms with van der Waals surface area (Å²) in [7, 11) is 0. The van der Waals surface area contributed by atoms with Gasteiger partial charge in [0.2, 0.25) is 0 Å². The number of hydrogen-bond donors (Lipinski definition) is 0. The van der Waals surface area contributed by atoms with E-state index in [4.69, 9.17) is 0 Å². The van der Waals surface area contributed by atoms with Gasteiger partial charge in [0, 0.05) is 0 Å². The molecule has 0 bridgehead atoms. The number of carbonyl (C=O) groups is 2. The molecular formula is C14H10O3. The van der Waals surface area contributed by atoms with Crippen LogP contribution in [0.25, 0.3) is 10.8 Å². The average molecular weight is 226 g/mol. The van der Waals surface area contributed by atoms with Crippen molar-refractivity contribution in [2.24, 2.45) is 0 Å². The highest BCUT2D eigenvalue weighted by Gasteiger charge is 2.34. The van der Waals surface area contributed by atoms with Crippen LogP contribution in [0, 0.1) is 0 Å². The first-order chi connectivity index (χ1) is 8.24. The maximum absolute atomic E-state index is 11.5. The van der Waals surface area contributed by atoms with Gasteiger partial charge in [0.15, 0.2) is 0 Å². The second kappa shape index (κ2) is 3.70. The standard InChI is InChI=1S/C14H10O3/c15-13-8-12(14(16)17-13)11-6-5-9-3-1-2-4-10(9)7-11/h1-7,12H,8H2. The van der Waals surface area contributed by atoms with Gasteiger partial charge in [-0.15, -0.1) is 0 Å². The fourth-order valence-electron chi connectivity index (χ4n) is 2.15. The van der Waals surface area contributed by atoms with Crippen molar-refractivity contribution in [2.45, 2.75) is 12.3 Å². The molecule has 0 amide bonds. The molecule has 3 heteroatoms. The van der Waals surface area contributed by atoms with Crippen LogP contribution in [-0.4, -0.2) is 11.9 Å². The van der Waals surface area contributed by atoms with Gasteiger partial charge < -0.3 is 4.74 Å². The van der Waals surface area contributed by atoms with Crippen molar-refractivity contribution in [1.82, 2.24) is 0 Å². The van der Waals surface area contributed by atoms with Gasteiger partial charge in [-0.3, -0.25) is 9.59 Å². The fourth-order valence-corrected chi connectivity index (χ4v) is 2.15. The van der Waals surface area contributed by atoms with Gasteiger partial charge in [0.25, 0.3) is 0 Å². The molecule has 3 rings (SSSR count). The number of esters is 2. The summed E-state index contributed by atoms with van der Waals surface area (Å²) in [5.41, 5.74) is 0.847. The lowest BCUT2D eigenvalue weighted by Crippen LogP contribution is -2.05. The summed E-state index contributed by atoms with van der Waals surface area (Å²) in [4.78, 5) is 22.5. The number of cyclic esters (lactones) is 2. The summed E-state index contributed by atoms with van der Waals surface area (Å²) in [6.07, 6.45) is 0.150. The van der Waals surface area contributed by atoms with Crippen LogP contribution in [0.3, 0.4) is 0 Å². The molecular weight excluding hydrogens is 216 g/mol. The van der Waals surface area contributed by atoms with Crippen LogP contribution < -0.4 is 0 Å². The lowest BCUT2D eigenvalue weighted by Gasteiger charge is -2.06. The van der Waals surface area contributed by atoms with E-state index in [-0.39, 0.29) is 6.42 Å². The summed E-state index contributed by atoms with van der Waals surface area (Å²) in [6.45, 7) is 0. The Hall–Kier alpha value is -2.16. The Labute approximate surface area is 98.0 Å². The SMILES string of the molecule is O=C1CC(c2ccc3ccccc3c2)C(=O)O1. The molecule has 0 aliphatic carbocycles. The topological polar surface area (TPSA) is 43.4 Å². The van der Waals surface area contributed by atoms with Crippen LogP contribution in [0.15, 0.2) is 42.5 Å². The van der Waals surface area contributed by atoms with Crippen LogP contribution >= 0.6 is 0 Å². The maximum Gasteiger partial charge on any atom is 0.321 e. The van der Waals surface area contributed by atoms with E-state index in [1.807, 2.05) is 42.5 Å². The molecule has 1 aliphatic rings. The third-order valence-corrected chi connectivity index (χ3v) is 3.05. The van der Waals surface area contributed by atoms with Gasteiger partial charge in [-0.1, -0.05) is 42.5 Å². The third kappa shape index (κ3) is 1.69. The minimum absolute atomic E-state index is 0.150. The minimum atomic E-state index is -0.440. The van der Waals surface area contributed by atoms with Crippen LogP contribution in [0.4, 0.5) is 0 Å². The number of ether oxygens (including phenoxy) is 1. The highest BCUT2D eigenvalue weighted by Crippen LogP contribution is 2.29. The molecule has 0 spiro atoms. The van der Waals surface area contributed by atoms with Crippen molar-refractivity contribution in [3.8, 4) is 0 Å². The highest BCUT2D eigenvalue weighted by atomic mass is 16.6. The Bertz CT molecular complexity index is 616. The smallest absolute Gasteiger partial charge is 0.321 e. The Balaban J connectivity index is 2.06. The molecule has 1 heterocycles. The van der Waals surface area contributed by atoms with Gasteiger partial charge in [0.1, 0.15) is 0 Å². The monoisotopic (exact) mass is 226 g/mol. The molecule has 1 atom stereocenters. The second-order valence-electron chi connectivity index (χ2n) is 4.16. The lowest BCUT2D eigenvalue weighted by molar-refractivity contribution is -0.152. The van der Waals surface area contributed by atoms with Crippen molar-refractivity contribution >= 4 is 22.7 Å². The van der Waals surface area contributed by atoms with E-state index in [2.05, 4.69) is 4.74 Å². The summed E-state index contributed by atoms with van der Waals surface area (Å²) >= 11 is 0. The Morgan fingerprint density at radius 1 is 1.00 bits per heavy atom. The van der Waals surface area contributed by atoms with E-state index >= 15 is 0 Å². The molecule has 1 aliphatic heterocycles. The quantitative estimate of drug-likeness (QED) is 0.554. The van der Waals surface area contributed by atoms with Crippen LogP contribution in [0.1, 0.15) is 17.9 Å². The second-order valence-corrected chi connectivity index (χ2v) is 4.16. The molecule has 1 fully saturated rings. The van der Waals surface area contributed by atoms with Gasteiger partial charge in [-0.25, -0.2) is 0 Å². The number of hydrogen-bond acceptors (Lipinski definition) is 3. The normalized spacial score (nSPS) is 19.6. The predicted molar refractivity (Wildman–Crippen MR) is 62.4 cm³/mol. The van der Waals surface area contributed by atoms with Crippen molar-refractivity contribution < 1.29 is 14.3 Å². The number of benzene rings is 2. The highest BCUT2D eigenvalue weighted by molar-refractivity contribution is 5.98. The van der Waals surface area contributed by atoms with Gasteiger partial charge in [0.05, 0.1) is 12.3 Å². The first-order valence-corrected chi connectivity index (χ1v) is 5.47. The lowest BCUT2D eigenvalue weighted by atomic mass is 9.95. The Morgan fingerprint density at radius 2 is 1.76 bits per heavy atom. The van der Waals surface area contributed by atoms with Gasteiger partial charge >= 0.3 is 11.9 Å². The predicted octanol–water partition coefficient (Wildman–Crippen LogP) is 2.40. The molecule has 84 valence electrons. The third-order valence-electron chi connectivity index (χ3n) is 3.05. The van der Waals surface area contributed by atoms with E-state index < -0.39 is 17.9 Å². The van der Waals surface area contributed by atoms with Crippen LogP contribution in [-0.2, 0) is 14.3 Å². The zero-order valence-corrected chi connectivity index (χ0v) is 9.05. The molecule has 1 saturated heterocycles. The number of rotatable bonds is 1. The fraction of sp³-hybridized carbons (Fsp3) is 0.143. The molecule has 0 N–H and O–H groups in total. The first-order valence-electron chi connectivity index (χ1n) is 5.47. The number of carbonyl (C=O) groups excluding carboxylic acids is 2. The van der Waals surface area contributed by atoms with Crippen LogP contribution in [0.2, 0.25) is 0 Å². The zero-order valence-electron chi connectivity index (χ0n) is 9.05. The minimum Gasteiger partial charge on any atom is -0.393 e. The summed E-state index contributed by atoms with van der Waals surface area (Å²) in [6, 6.07) is 13.7. The maximum atomic E-state index is 11.5. The van der Waals surface area contributed by atoms with Gasteiger partial charge in [-0.05, 0) is 16.3 Å². The number of fused-ring (bicyclic) bond motifs is 1. The zero-order chi connectivity index (χ0) is 11.8. The summed E-state index contributed by atoms with van der Waals surface area (Å²) in [5, 5.41) is 2.19. The van der Waals surface area contributed by atoms with E-state index in [1.165, 1.54) is 0 Å². The Kier molecular flexibility index (Phi) is 2.18. The molecule has 17 heavy (non-hydrogen) atoms. The van der Waals surface area contributed by atoms with E-state index in [0.29, 0.717) is 0 Å². The molecule has 2 aromatic rings. The van der Waals surface area contributed by atoms with Gasteiger partial charge in [-0.2, -0.15) is 0 Å². The first kappa shape index (κ1) is 10.0. The summed E-state index contributed by atoms with van der Waals surface area (Å²) in [5.74, 6) is -1.31.